The Morgan fingerprint density at radius 2 is 1.42 bits per heavy atom. The van der Waals surface area contributed by atoms with Crippen LogP contribution >= 0.6 is 0 Å². The van der Waals surface area contributed by atoms with Crippen LogP contribution in [0.2, 0.25) is 0 Å². The van der Waals surface area contributed by atoms with E-state index in [-0.39, 0.29) is 24.8 Å². The zero-order valence-electron chi connectivity index (χ0n) is 35.0. The number of carbonyl (C=O) groups is 5. The molecule has 3 aromatic rings. The van der Waals surface area contributed by atoms with Crippen LogP contribution in [0, 0.1) is 5.92 Å². The minimum Gasteiger partial charge on any atom is -0.343 e. The number of nitrogens with zero attached hydrogens (tertiary/aromatic N) is 2. The lowest BCUT2D eigenvalue weighted by Gasteiger charge is -2.37. The molecule has 3 aromatic carbocycles. The number of hydrogen-bond acceptors (Lipinski definition) is 8. The maximum Gasteiger partial charge on any atom is 0.252 e. The zero-order chi connectivity index (χ0) is 42.1. The fraction of sp³-hybridized carbons (Fsp3) is 0.511. The Balaban J connectivity index is 1.48. The summed E-state index contributed by atoms with van der Waals surface area (Å²) in [6.07, 6.45) is 9.09. The molecular formula is C47H65N7O5. The fourth-order valence-corrected chi connectivity index (χ4v) is 8.63. The van der Waals surface area contributed by atoms with Crippen LogP contribution in [0.15, 0.2) is 84.9 Å². The minimum atomic E-state index is -1.26. The Labute approximate surface area is 350 Å². The summed E-state index contributed by atoms with van der Waals surface area (Å²) in [5.41, 5.74) is 15.8. The summed E-state index contributed by atoms with van der Waals surface area (Å²) >= 11 is 0. The Morgan fingerprint density at radius 3 is 2.07 bits per heavy atom. The number of imide groups is 1. The van der Waals surface area contributed by atoms with Crippen LogP contribution in [-0.2, 0) is 43.2 Å². The lowest BCUT2D eigenvalue weighted by Crippen LogP contribution is -2.62. The van der Waals surface area contributed by atoms with E-state index in [0.717, 1.165) is 53.7 Å². The van der Waals surface area contributed by atoms with Gasteiger partial charge in [-0.1, -0.05) is 118 Å². The Kier molecular flexibility index (Phi) is 17.6. The second-order valence-corrected chi connectivity index (χ2v) is 16.2. The van der Waals surface area contributed by atoms with Gasteiger partial charge in [-0.25, -0.2) is 0 Å². The maximum absolute atomic E-state index is 15.2. The van der Waals surface area contributed by atoms with Gasteiger partial charge in [0.05, 0.1) is 12.1 Å². The third kappa shape index (κ3) is 12.5. The number of amides is 5. The lowest BCUT2D eigenvalue weighted by molar-refractivity contribution is -0.157. The first-order chi connectivity index (χ1) is 28.6. The van der Waals surface area contributed by atoms with Crippen molar-refractivity contribution in [3.8, 4) is 0 Å². The average Bonchev–Trinajstić information content (AvgIpc) is 3.76. The molecule has 7 N–H and O–H groups in total. The summed E-state index contributed by atoms with van der Waals surface area (Å²) in [7, 11) is 1.71. The molecule has 1 aliphatic heterocycles. The van der Waals surface area contributed by atoms with Crippen LogP contribution in [0.5, 0.6) is 0 Å². The first-order valence-corrected chi connectivity index (χ1v) is 21.7. The number of rotatable bonds is 20. The van der Waals surface area contributed by atoms with Crippen LogP contribution in [-0.4, -0.2) is 89.7 Å². The number of likely N-dealkylation sites (N-methyl/N-ethyl adjacent to an activating group) is 1. The standard InChI is InChI=1S/C47H65N7O5/c1-3-36-24-13-14-25-38(36)51-44(56)42(32-35-22-11-6-12-23-35)54(45(57)37(49)30-33-18-7-4-8-19-33)47(59)41-27-17-29-53(41)46(58)39(26-15-16-28-48)52-43(55)40(50-2)31-34-20-9-5-10-21-34/h5-6,9-14,20-25,33,37,39-42,50H,3-4,7-8,15-19,26-32,48-49H2,1-2H3,(H,51,56)(H,52,55)/t37-,39+,40+,41+,42+/m1/s1. The molecule has 0 bridgehead atoms. The molecule has 5 atom stereocenters. The molecule has 1 saturated carbocycles. The van der Waals surface area contributed by atoms with Crippen molar-refractivity contribution in [2.24, 2.45) is 17.4 Å². The normalized spacial score (nSPS) is 17.7. The number of nitrogens with one attached hydrogen (secondary N) is 3. The number of aryl methyl sites for hydroxylation is 1. The molecular weight excluding hydrogens is 743 g/mol. The molecule has 59 heavy (non-hydrogen) atoms. The van der Waals surface area contributed by atoms with E-state index in [4.69, 9.17) is 11.5 Å². The summed E-state index contributed by atoms with van der Waals surface area (Å²) < 4.78 is 0. The predicted octanol–water partition coefficient (Wildman–Crippen LogP) is 4.89. The number of anilines is 1. The Morgan fingerprint density at radius 1 is 0.780 bits per heavy atom. The van der Waals surface area contributed by atoms with Crippen LogP contribution in [0.1, 0.15) is 94.2 Å². The van der Waals surface area contributed by atoms with Gasteiger partial charge in [0.2, 0.25) is 23.6 Å². The molecule has 0 spiro atoms. The van der Waals surface area contributed by atoms with E-state index in [9.17, 15) is 19.2 Å². The van der Waals surface area contributed by atoms with Crippen LogP contribution in [0.3, 0.4) is 0 Å². The SMILES string of the molecule is CCc1ccccc1NC(=O)[C@H](Cc1ccccc1)N(C(=O)[C@H](N)CC1CCCCC1)C(=O)[C@@H]1CCCN1C(=O)[C@H](CCCCN)NC(=O)[C@H](Cc1ccccc1)NC. The molecule has 1 aliphatic carbocycles. The molecule has 0 unspecified atom stereocenters. The minimum absolute atomic E-state index is 0.0554. The molecule has 12 heteroatoms. The first kappa shape index (κ1) is 45.2. The highest BCUT2D eigenvalue weighted by molar-refractivity contribution is 6.07. The number of likely N-dealkylation sites (tertiary alicyclic amines) is 1. The molecule has 318 valence electrons. The van der Waals surface area contributed by atoms with Gasteiger partial charge in [-0.15, -0.1) is 0 Å². The van der Waals surface area contributed by atoms with E-state index in [1.807, 2.05) is 91.9 Å². The van der Waals surface area contributed by atoms with Gasteiger partial charge in [-0.3, -0.25) is 28.9 Å². The smallest absolute Gasteiger partial charge is 0.252 e. The van der Waals surface area contributed by atoms with Gasteiger partial charge in [0, 0.05) is 18.7 Å². The molecule has 0 aromatic heterocycles. The topological polar surface area (TPSA) is 180 Å². The van der Waals surface area contributed by atoms with Gasteiger partial charge in [0.15, 0.2) is 0 Å². The van der Waals surface area contributed by atoms with Gasteiger partial charge in [0.1, 0.15) is 18.1 Å². The van der Waals surface area contributed by atoms with Crippen LogP contribution in [0.4, 0.5) is 5.69 Å². The van der Waals surface area contributed by atoms with Crippen molar-refractivity contribution in [3.63, 3.8) is 0 Å². The van der Waals surface area contributed by atoms with Crippen LogP contribution in [0.25, 0.3) is 0 Å². The second-order valence-electron chi connectivity index (χ2n) is 16.2. The van der Waals surface area contributed by atoms with Gasteiger partial charge in [-0.2, -0.15) is 0 Å². The van der Waals surface area contributed by atoms with E-state index in [1.165, 1.54) is 4.90 Å². The summed E-state index contributed by atoms with van der Waals surface area (Å²) in [5, 5.41) is 9.14. The number of unbranched alkanes of at least 4 members (excludes halogenated alkanes) is 1. The van der Waals surface area contributed by atoms with Gasteiger partial charge >= 0.3 is 0 Å². The van der Waals surface area contributed by atoms with Gasteiger partial charge < -0.3 is 32.3 Å². The van der Waals surface area contributed by atoms with Crippen molar-refractivity contribution in [1.29, 1.82) is 0 Å². The van der Waals surface area contributed by atoms with Crippen LogP contribution < -0.4 is 27.4 Å². The first-order valence-electron chi connectivity index (χ1n) is 21.7. The molecule has 12 nitrogen and oxygen atoms in total. The molecule has 5 rings (SSSR count). The van der Waals surface area contributed by atoms with Crippen molar-refractivity contribution in [2.75, 3.05) is 25.5 Å². The molecule has 2 fully saturated rings. The highest BCUT2D eigenvalue weighted by atomic mass is 16.2. The quantitative estimate of drug-likeness (QED) is 0.100. The van der Waals surface area contributed by atoms with Gasteiger partial charge in [-0.05, 0) is 93.6 Å². The van der Waals surface area contributed by atoms with Crippen molar-refractivity contribution in [3.05, 3.63) is 102 Å². The summed E-state index contributed by atoms with van der Waals surface area (Å²) in [4.78, 5) is 75.7. The molecule has 0 radical (unpaired) electrons. The van der Waals surface area contributed by atoms with Crippen molar-refractivity contribution in [1.82, 2.24) is 20.4 Å². The highest BCUT2D eigenvalue weighted by Crippen LogP contribution is 2.29. The third-order valence-electron chi connectivity index (χ3n) is 12.0. The highest BCUT2D eigenvalue weighted by Gasteiger charge is 2.46. The maximum atomic E-state index is 15.2. The van der Waals surface area contributed by atoms with E-state index in [2.05, 4.69) is 16.0 Å². The summed E-state index contributed by atoms with van der Waals surface area (Å²) in [5.74, 6) is -2.26. The lowest BCUT2D eigenvalue weighted by atomic mass is 9.84. The summed E-state index contributed by atoms with van der Waals surface area (Å²) in [6.45, 7) is 2.68. The largest absolute Gasteiger partial charge is 0.343 e. The van der Waals surface area contributed by atoms with E-state index in [1.54, 1.807) is 7.05 Å². The van der Waals surface area contributed by atoms with Crippen molar-refractivity contribution < 1.29 is 24.0 Å². The number of hydrogen-bond donors (Lipinski definition) is 5. The zero-order valence-corrected chi connectivity index (χ0v) is 35.0. The van der Waals surface area contributed by atoms with E-state index < -0.39 is 53.8 Å². The molecule has 5 amide bonds. The molecule has 1 heterocycles. The number of carbonyl (C=O) groups excluding carboxylic acids is 5. The molecule has 2 aliphatic rings. The Hall–Kier alpha value is -4.91. The van der Waals surface area contributed by atoms with Gasteiger partial charge in [0.25, 0.3) is 5.91 Å². The average molecular weight is 808 g/mol. The van der Waals surface area contributed by atoms with E-state index in [0.29, 0.717) is 63.6 Å². The number of para-hydroxylation sites is 1. The van der Waals surface area contributed by atoms with E-state index >= 15 is 4.79 Å². The third-order valence-corrected chi connectivity index (χ3v) is 12.0. The monoisotopic (exact) mass is 808 g/mol. The predicted molar refractivity (Wildman–Crippen MR) is 232 cm³/mol. The fourth-order valence-electron chi connectivity index (χ4n) is 8.63. The van der Waals surface area contributed by atoms with Crippen molar-refractivity contribution >= 4 is 35.2 Å². The summed E-state index contributed by atoms with van der Waals surface area (Å²) in [6, 6.07) is 21.6. The Bertz CT molecular complexity index is 1820. The van der Waals surface area contributed by atoms with Crippen molar-refractivity contribution in [2.45, 2.75) is 127 Å². The number of nitrogens with two attached hydrogens (primary N) is 2. The molecule has 1 saturated heterocycles. The second kappa shape index (κ2) is 23.0. The number of benzene rings is 3.